The highest BCUT2D eigenvalue weighted by atomic mass is 32.2. The molecule has 0 saturated carbocycles. The molecule has 2 heterocycles. The number of hydrogen-bond donors (Lipinski definition) is 1. The molecule has 8 heteroatoms. The third-order valence-electron chi connectivity index (χ3n) is 3.75. The van der Waals surface area contributed by atoms with Gasteiger partial charge in [-0.15, -0.1) is 0 Å². The first-order valence-electron chi connectivity index (χ1n) is 6.50. The van der Waals surface area contributed by atoms with Crippen LogP contribution < -0.4 is 0 Å². The smallest absolute Gasteiger partial charge is 0.327 e. The van der Waals surface area contributed by atoms with E-state index < -0.39 is 12.0 Å². The first-order chi connectivity index (χ1) is 9.58. The highest BCUT2D eigenvalue weighted by Crippen LogP contribution is 2.22. The monoisotopic (exact) mass is 304 g/mol. The number of carboxylic acid groups (broad SMARTS) is 1. The zero-order chi connectivity index (χ0) is 14.7. The lowest BCUT2D eigenvalue weighted by Gasteiger charge is -2.35. The van der Waals surface area contributed by atoms with Crippen LogP contribution in [0.25, 0.3) is 0 Å². The first-order valence-corrected chi connectivity index (χ1v) is 7.65. The number of carbonyl (C=O) groups excluding carboxylic acids is 1. The van der Waals surface area contributed by atoms with Gasteiger partial charge in [0.15, 0.2) is 0 Å². The highest BCUT2D eigenvalue weighted by molar-refractivity contribution is 7.99. The number of ether oxygens (including phenoxy) is 2. The molecular weight excluding hydrogens is 284 g/mol. The van der Waals surface area contributed by atoms with E-state index in [1.165, 1.54) is 4.90 Å². The average molecular weight is 304 g/mol. The van der Waals surface area contributed by atoms with Gasteiger partial charge in [0, 0.05) is 32.3 Å². The zero-order valence-electron chi connectivity index (χ0n) is 11.7. The maximum Gasteiger partial charge on any atom is 0.327 e. The van der Waals surface area contributed by atoms with Gasteiger partial charge in [0.05, 0.1) is 13.1 Å². The van der Waals surface area contributed by atoms with Crippen LogP contribution in [0.4, 0.5) is 4.79 Å². The van der Waals surface area contributed by atoms with Crippen LogP contribution in [-0.4, -0.2) is 90.5 Å². The molecule has 114 valence electrons. The molecule has 1 N–H and O–H groups in total. The van der Waals surface area contributed by atoms with E-state index in [0.717, 1.165) is 5.75 Å². The van der Waals surface area contributed by atoms with Crippen molar-refractivity contribution in [1.82, 2.24) is 9.80 Å². The van der Waals surface area contributed by atoms with Crippen LogP contribution in [0.1, 0.15) is 0 Å². The lowest BCUT2D eigenvalue weighted by molar-refractivity contribution is -0.141. The van der Waals surface area contributed by atoms with Gasteiger partial charge in [0.2, 0.25) is 0 Å². The Bertz CT molecular complexity index is 369. The van der Waals surface area contributed by atoms with Gasteiger partial charge in [-0.1, -0.05) is 0 Å². The number of methoxy groups -OCH3 is 2. The Balaban J connectivity index is 2.05. The Morgan fingerprint density at radius 1 is 1.20 bits per heavy atom. The molecule has 2 aliphatic rings. The van der Waals surface area contributed by atoms with Crippen LogP contribution >= 0.6 is 11.8 Å². The second-order valence-electron chi connectivity index (χ2n) is 4.86. The SMILES string of the molecule is COC1CN(C(=O)N2CCSCC2C(=O)O)CC1OC. The van der Waals surface area contributed by atoms with Crippen LogP contribution in [-0.2, 0) is 14.3 Å². The number of urea groups is 1. The number of rotatable bonds is 3. The lowest BCUT2D eigenvalue weighted by atomic mass is 10.3. The summed E-state index contributed by atoms with van der Waals surface area (Å²) in [5.41, 5.74) is 0. The summed E-state index contributed by atoms with van der Waals surface area (Å²) in [6.45, 7) is 1.33. The molecule has 0 aromatic heterocycles. The van der Waals surface area contributed by atoms with E-state index in [9.17, 15) is 14.7 Å². The van der Waals surface area contributed by atoms with Crippen LogP contribution in [0.15, 0.2) is 0 Å². The number of carbonyl (C=O) groups is 2. The molecule has 7 nitrogen and oxygen atoms in total. The standard InChI is InChI=1S/C12H20N2O5S/c1-18-9-5-13(6-10(9)19-2)12(17)14-3-4-20-7-8(14)11(15)16/h8-10H,3-7H2,1-2H3,(H,15,16). The minimum atomic E-state index is -0.948. The van der Waals surface area contributed by atoms with Crippen molar-refractivity contribution in [3.05, 3.63) is 0 Å². The minimum absolute atomic E-state index is 0.161. The number of likely N-dealkylation sites (tertiary alicyclic amines) is 1. The summed E-state index contributed by atoms with van der Waals surface area (Å²) < 4.78 is 10.6. The molecule has 20 heavy (non-hydrogen) atoms. The fourth-order valence-electron chi connectivity index (χ4n) is 2.57. The molecule has 2 saturated heterocycles. The molecular formula is C12H20N2O5S. The third-order valence-corrected chi connectivity index (χ3v) is 4.77. The summed E-state index contributed by atoms with van der Waals surface area (Å²) in [5, 5.41) is 9.22. The zero-order valence-corrected chi connectivity index (χ0v) is 12.5. The van der Waals surface area contributed by atoms with Gasteiger partial charge >= 0.3 is 12.0 Å². The topological polar surface area (TPSA) is 79.3 Å². The fraction of sp³-hybridized carbons (Fsp3) is 0.833. The molecule has 0 aromatic rings. The highest BCUT2D eigenvalue weighted by Gasteiger charge is 2.40. The van der Waals surface area contributed by atoms with E-state index in [1.807, 2.05) is 0 Å². The second kappa shape index (κ2) is 6.64. The molecule has 0 spiro atoms. The van der Waals surface area contributed by atoms with Gasteiger partial charge in [-0.25, -0.2) is 9.59 Å². The molecule has 2 fully saturated rings. The first kappa shape index (κ1) is 15.4. The van der Waals surface area contributed by atoms with Gasteiger partial charge in [0.1, 0.15) is 18.2 Å². The molecule has 2 rings (SSSR count). The van der Waals surface area contributed by atoms with E-state index in [-0.39, 0.29) is 18.2 Å². The molecule has 2 amide bonds. The van der Waals surface area contributed by atoms with Crippen molar-refractivity contribution in [3.63, 3.8) is 0 Å². The maximum absolute atomic E-state index is 12.5. The summed E-state index contributed by atoms with van der Waals surface area (Å²) in [4.78, 5) is 26.8. The number of hydrogen-bond acceptors (Lipinski definition) is 5. The average Bonchev–Trinajstić information content (AvgIpc) is 2.89. The molecule has 0 bridgehead atoms. The molecule has 0 aliphatic carbocycles. The normalized spacial score (nSPS) is 30.6. The van der Waals surface area contributed by atoms with Crippen molar-refractivity contribution >= 4 is 23.8 Å². The largest absolute Gasteiger partial charge is 0.480 e. The second-order valence-corrected chi connectivity index (χ2v) is 6.01. The molecule has 2 aliphatic heterocycles. The van der Waals surface area contributed by atoms with Gasteiger partial charge in [-0.3, -0.25) is 0 Å². The number of aliphatic carboxylic acids is 1. The summed E-state index contributed by atoms with van der Waals surface area (Å²) >= 11 is 1.56. The lowest BCUT2D eigenvalue weighted by Crippen LogP contribution is -2.54. The van der Waals surface area contributed by atoms with Crippen molar-refractivity contribution in [2.24, 2.45) is 0 Å². The molecule has 3 unspecified atom stereocenters. The molecule has 0 radical (unpaired) electrons. The Hall–Kier alpha value is -0.990. The minimum Gasteiger partial charge on any atom is -0.480 e. The van der Waals surface area contributed by atoms with Crippen molar-refractivity contribution in [2.75, 3.05) is 45.4 Å². The van der Waals surface area contributed by atoms with E-state index >= 15 is 0 Å². The third kappa shape index (κ3) is 3.02. The Labute approximate surface area is 122 Å². The predicted molar refractivity (Wildman–Crippen MR) is 74.0 cm³/mol. The van der Waals surface area contributed by atoms with E-state index in [2.05, 4.69) is 0 Å². The predicted octanol–water partition coefficient (Wildman–Crippen LogP) is -0.0460. The van der Waals surface area contributed by atoms with Crippen molar-refractivity contribution in [3.8, 4) is 0 Å². The Morgan fingerprint density at radius 3 is 2.30 bits per heavy atom. The van der Waals surface area contributed by atoms with Crippen molar-refractivity contribution in [2.45, 2.75) is 18.2 Å². The van der Waals surface area contributed by atoms with E-state index in [1.54, 1.807) is 30.9 Å². The number of nitrogens with zero attached hydrogens (tertiary/aromatic N) is 2. The Morgan fingerprint density at radius 2 is 1.80 bits per heavy atom. The van der Waals surface area contributed by atoms with Gasteiger partial charge < -0.3 is 24.4 Å². The fourth-order valence-corrected chi connectivity index (χ4v) is 3.61. The number of thioether (sulfide) groups is 1. The van der Waals surface area contributed by atoms with Crippen LogP contribution in [0.2, 0.25) is 0 Å². The van der Waals surface area contributed by atoms with E-state index in [4.69, 9.17) is 9.47 Å². The molecule has 0 aromatic carbocycles. The number of amides is 2. The summed E-state index contributed by atoms with van der Waals surface area (Å²) in [6.07, 6.45) is -0.321. The van der Waals surface area contributed by atoms with Crippen molar-refractivity contribution < 1.29 is 24.2 Å². The summed E-state index contributed by atoms with van der Waals surface area (Å²) in [5.74, 6) is 0.262. The van der Waals surface area contributed by atoms with Gasteiger partial charge in [-0.2, -0.15) is 11.8 Å². The molecule has 3 atom stereocenters. The number of carboxylic acids is 1. The van der Waals surface area contributed by atoms with Crippen molar-refractivity contribution in [1.29, 1.82) is 0 Å². The maximum atomic E-state index is 12.5. The Kier molecular flexibility index (Phi) is 5.11. The summed E-state index contributed by atoms with van der Waals surface area (Å²) in [6, 6.07) is -0.983. The van der Waals surface area contributed by atoms with Crippen LogP contribution in [0.5, 0.6) is 0 Å². The van der Waals surface area contributed by atoms with Gasteiger partial charge in [0.25, 0.3) is 0 Å². The van der Waals surface area contributed by atoms with Crippen LogP contribution in [0.3, 0.4) is 0 Å². The quantitative estimate of drug-likeness (QED) is 0.788. The summed E-state index contributed by atoms with van der Waals surface area (Å²) in [7, 11) is 3.17. The van der Waals surface area contributed by atoms with E-state index in [0.29, 0.717) is 25.4 Å². The van der Waals surface area contributed by atoms with Crippen LogP contribution in [0, 0.1) is 0 Å². The van der Waals surface area contributed by atoms with Gasteiger partial charge in [-0.05, 0) is 0 Å².